The molecule has 1 aromatic carbocycles. The second-order valence-electron chi connectivity index (χ2n) is 7.12. The molecule has 0 aliphatic rings. The number of hydrogen-bond acceptors (Lipinski definition) is 4. The molecule has 0 fully saturated rings. The Hall–Kier alpha value is -2.06. The maximum absolute atomic E-state index is 12.3. The number of benzene rings is 1. The minimum Gasteiger partial charge on any atom is -0.444 e. The number of carbonyl (C=O) groups is 1. The van der Waals surface area contributed by atoms with Crippen LogP contribution in [-0.2, 0) is 11.3 Å². The normalized spacial score (nSPS) is 13.1. The molecule has 126 valence electrons. The predicted octanol–water partition coefficient (Wildman–Crippen LogP) is 3.31. The lowest BCUT2D eigenvalue weighted by molar-refractivity contribution is 0.00757. The van der Waals surface area contributed by atoms with Crippen LogP contribution in [0, 0.1) is 11.3 Å². The largest absolute Gasteiger partial charge is 0.444 e. The average molecular weight is 317 g/mol. The zero-order chi connectivity index (χ0) is 17.7. The first-order valence-electron chi connectivity index (χ1n) is 7.71. The zero-order valence-electron chi connectivity index (χ0n) is 14.9. The molecule has 1 rings (SSSR count). The van der Waals surface area contributed by atoms with Gasteiger partial charge in [0.1, 0.15) is 11.6 Å². The van der Waals surface area contributed by atoms with Gasteiger partial charge in [0.2, 0.25) is 0 Å². The molecule has 0 saturated carbocycles. The van der Waals surface area contributed by atoms with Crippen LogP contribution in [-0.4, -0.2) is 35.2 Å². The van der Waals surface area contributed by atoms with E-state index in [4.69, 9.17) is 4.74 Å². The number of likely N-dealkylation sites (N-methyl/N-ethyl adjacent to an activating group) is 1. The number of carbonyl (C=O) groups excluding carboxylic acids is 1. The number of nitriles is 1. The summed E-state index contributed by atoms with van der Waals surface area (Å²) in [6.45, 7) is 9.72. The highest BCUT2D eigenvalue weighted by atomic mass is 16.6. The SMILES string of the molecule is CN(C(=O)OC(C)(C)C)C(C)(C)C(C#N)NCc1ccccc1. The van der Waals surface area contributed by atoms with Gasteiger partial charge in [0.05, 0.1) is 11.6 Å². The second-order valence-corrected chi connectivity index (χ2v) is 7.12. The van der Waals surface area contributed by atoms with Gasteiger partial charge in [0, 0.05) is 13.6 Å². The summed E-state index contributed by atoms with van der Waals surface area (Å²) in [6.07, 6.45) is -0.440. The molecule has 23 heavy (non-hydrogen) atoms. The van der Waals surface area contributed by atoms with Crippen molar-refractivity contribution in [2.75, 3.05) is 7.05 Å². The van der Waals surface area contributed by atoms with Gasteiger partial charge < -0.3 is 9.64 Å². The molecule has 1 aromatic rings. The fourth-order valence-electron chi connectivity index (χ4n) is 2.03. The molecular weight excluding hydrogens is 290 g/mol. The van der Waals surface area contributed by atoms with E-state index in [-0.39, 0.29) is 0 Å². The van der Waals surface area contributed by atoms with Crippen molar-refractivity contribution in [3.63, 3.8) is 0 Å². The van der Waals surface area contributed by atoms with E-state index < -0.39 is 23.3 Å². The number of nitrogens with one attached hydrogen (secondary N) is 1. The van der Waals surface area contributed by atoms with Crippen LogP contribution in [0.3, 0.4) is 0 Å². The van der Waals surface area contributed by atoms with E-state index >= 15 is 0 Å². The molecule has 0 radical (unpaired) electrons. The molecule has 0 spiro atoms. The van der Waals surface area contributed by atoms with E-state index in [1.165, 1.54) is 4.90 Å². The molecule has 0 saturated heterocycles. The Morgan fingerprint density at radius 1 is 1.26 bits per heavy atom. The third kappa shape index (κ3) is 5.57. The van der Waals surface area contributed by atoms with E-state index in [2.05, 4.69) is 11.4 Å². The smallest absolute Gasteiger partial charge is 0.410 e. The molecule has 0 bridgehead atoms. The summed E-state index contributed by atoms with van der Waals surface area (Å²) in [5.41, 5.74) is -0.198. The summed E-state index contributed by atoms with van der Waals surface area (Å²) in [5.74, 6) is 0. The molecule has 5 heteroatoms. The first-order valence-corrected chi connectivity index (χ1v) is 7.71. The topological polar surface area (TPSA) is 65.4 Å². The van der Waals surface area contributed by atoms with E-state index in [9.17, 15) is 10.1 Å². The molecule has 5 nitrogen and oxygen atoms in total. The minimum atomic E-state index is -0.716. The zero-order valence-corrected chi connectivity index (χ0v) is 14.9. The number of hydrogen-bond donors (Lipinski definition) is 1. The van der Waals surface area contributed by atoms with E-state index in [0.29, 0.717) is 6.54 Å². The molecular formula is C18H27N3O2. The second kappa shape index (κ2) is 7.47. The van der Waals surface area contributed by atoms with Gasteiger partial charge in [-0.2, -0.15) is 5.26 Å². The highest BCUT2D eigenvalue weighted by Crippen LogP contribution is 2.21. The van der Waals surface area contributed by atoms with Gasteiger partial charge in [0.15, 0.2) is 0 Å². The molecule has 1 atom stereocenters. The predicted molar refractivity (Wildman–Crippen MR) is 90.8 cm³/mol. The van der Waals surface area contributed by atoms with Gasteiger partial charge in [-0.1, -0.05) is 30.3 Å². The lowest BCUT2D eigenvalue weighted by Gasteiger charge is -2.39. The molecule has 0 aliphatic heterocycles. The minimum absolute atomic E-state index is 0.440. The summed E-state index contributed by atoms with van der Waals surface area (Å²) >= 11 is 0. The highest BCUT2D eigenvalue weighted by molar-refractivity contribution is 5.69. The van der Waals surface area contributed by atoms with Crippen LogP contribution in [0.4, 0.5) is 4.79 Å². The highest BCUT2D eigenvalue weighted by Gasteiger charge is 2.38. The van der Waals surface area contributed by atoms with Gasteiger partial charge >= 0.3 is 6.09 Å². The van der Waals surface area contributed by atoms with Crippen molar-refractivity contribution in [3.8, 4) is 6.07 Å². The van der Waals surface area contributed by atoms with E-state index in [0.717, 1.165) is 5.56 Å². The first kappa shape index (κ1) is 19.0. The first-order chi connectivity index (χ1) is 10.6. The summed E-state index contributed by atoms with van der Waals surface area (Å²) in [5, 5.41) is 12.7. The lowest BCUT2D eigenvalue weighted by Crippen LogP contribution is -2.58. The van der Waals surface area contributed by atoms with Gasteiger partial charge in [-0.05, 0) is 40.2 Å². The van der Waals surface area contributed by atoms with Crippen molar-refractivity contribution < 1.29 is 9.53 Å². The maximum atomic E-state index is 12.3. The maximum Gasteiger partial charge on any atom is 0.410 e. The third-order valence-corrected chi connectivity index (χ3v) is 3.72. The van der Waals surface area contributed by atoms with Crippen LogP contribution in [0.15, 0.2) is 30.3 Å². The van der Waals surface area contributed by atoms with Crippen molar-refractivity contribution in [1.82, 2.24) is 10.2 Å². The number of ether oxygens (including phenoxy) is 1. The molecule has 0 heterocycles. The quantitative estimate of drug-likeness (QED) is 0.905. The standard InChI is InChI=1S/C18H27N3O2/c1-17(2,3)23-16(22)21(6)18(4,5)15(12-19)20-13-14-10-8-7-9-11-14/h7-11,15,20H,13H2,1-6H3. The van der Waals surface area contributed by atoms with Crippen LogP contribution in [0.2, 0.25) is 0 Å². The molecule has 1 amide bonds. The van der Waals surface area contributed by atoms with Crippen molar-refractivity contribution in [3.05, 3.63) is 35.9 Å². The fourth-order valence-corrected chi connectivity index (χ4v) is 2.03. The summed E-state index contributed by atoms with van der Waals surface area (Å²) < 4.78 is 5.39. The number of nitrogens with zero attached hydrogens (tertiary/aromatic N) is 2. The molecule has 1 N–H and O–H groups in total. The van der Waals surface area contributed by atoms with Gasteiger partial charge in [-0.3, -0.25) is 5.32 Å². The molecule has 1 unspecified atom stereocenters. The molecule has 0 aromatic heterocycles. The van der Waals surface area contributed by atoms with Crippen LogP contribution >= 0.6 is 0 Å². The van der Waals surface area contributed by atoms with Crippen molar-refractivity contribution >= 4 is 6.09 Å². The van der Waals surface area contributed by atoms with Crippen LogP contribution < -0.4 is 5.32 Å². The van der Waals surface area contributed by atoms with Crippen LogP contribution in [0.1, 0.15) is 40.2 Å². The van der Waals surface area contributed by atoms with Crippen molar-refractivity contribution in [2.24, 2.45) is 0 Å². The Kier molecular flexibility index (Phi) is 6.17. The van der Waals surface area contributed by atoms with Crippen molar-refractivity contribution in [2.45, 2.75) is 58.3 Å². The van der Waals surface area contributed by atoms with Crippen LogP contribution in [0.5, 0.6) is 0 Å². The Labute approximate surface area is 139 Å². The van der Waals surface area contributed by atoms with Crippen LogP contribution in [0.25, 0.3) is 0 Å². The summed E-state index contributed by atoms with van der Waals surface area (Å²) in [4.78, 5) is 13.7. The Bertz CT molecular complexity index is 556. The van der Waals surface area contributed by atoms with Gasteiger partial charge in [-0.15, -0.1) is 0 Å². The average Bonchev–Trinajstić information content (AvgIpc) is 2.46. The Morgan fingerprint density at radius 2 is 1.83 bits per heavy atom. The van der Waals surface area contributed by atoms with E-state index in [1.807, 2.05) is 65.0 Å². The Morgan fingerprint density at radius 3 is 2.30 bits per heavy atom. The molecule has 0 aliphatic carbocycles. The summed E-state index contributed by atoms with van der Waals surface area (Å²) in [6, 6.07) is 11.6. The number of rotatable bonds is 5. The van der Waals surface area contributed by atoms with Gasteiger partial charge in [-0.25, -0.2) is 4.79 Å². The summed E-state index contributed by atoms with van der Waals surface area (Å²) in [7, 11) is 1.66. The fraction of sp³-hybridized carbons (Fsp3) is 0.556. The number of amides is 1. The van der Waals surface area contributed by atoms with E-state index in [1.54, 1.807) is 7.05 Å². The van der Waals surface area contributed by atoms with Gasteiger partial charge in [0.25, 0.3) is 0 Å². The third-order valence-electron chi connectivity index (χ3n) is 3.72. The lowest BCUT2D eigenvalue weighted by atomic mass is 9.93. The monoisotopic (exact) mass is 317 g/mol. The Balaban J connectivity index is 2.77. The van der Waals surface area contributed by atoms with Crippen molar-refractivity contribution in [1.29, 1.82) is 5.26 Å².